The van der Waals surface area contributed by atoms with Crippen LogP contribution in [0.1, 0.15) is 56.4 Å². The van der Waals surface area contributed by atoms with Crippen LogP contribution in [0.4, 0.5) is 4.79 Å². The molecule has 0 saturated carbocycles. The Bertz CT molecular complexity index is 703. The number of hydrogen-bond donors (Lipinski definition) is 1. The van der Waals surface area contributed by atoms with Gasteiger partial charge in [0.15, 0.2) is 0 Å². The van der Waals surface area contributed by atoms with E-state index < -0.39 is 30.7 Å². The summed E-state index contributed by atoms with van der Waals surface area (Å²) in [5.41, 5.74) is 0.787. The molecule has 0 spiro atoms. The van der Waals surface area contributed by atoms with E-state index in [0.717, 1.165) is 31.2 Å². The van der Waals surface area contributed by atoms with E-state index in [-0.39, 0.29) is 12.5 Å². The minimum absolute atomic E-state index is 0.255. The number of ether oxygens (including phenoxy) is 3. The number of piperidine rings is 1. The normalized spacial score (nSPS) is 17.0. The fraction of sp³-hybridized carbons (Fsp3) is 0.591. The minimum Gasteiger partial charge on any atom is -0.468 e. The summed E-state index contributed by atoms with van der Waals surface area (Å²) in [5, 5.41) is 0. The number of halogens is 1. The molecule has 172 valence electrons. The molecule has 0 aromatic heterocycles. The van der Waals surface area contributed by atoms with Crippen LogP contribution in [0.5, 0.6) is 0 Å². The monoisotopic (exact) mass is 454 g/mol. The maximum absolute atomic E-state index is 12.7. The average Bonchev–Trinajstić information content (AvgIpc) is 2.80. The van der Waals surface area contributed by atoms with Gasteiger partial charge in [0.05, 0.1) is 13.2 Å². The van der Waals surface area contributed by atoms with E-state index in [1.807, 2.05) is 30.3 Å². The highest BCUT2D eigenvalue weighted by Gasteiger charge is 2.39. The second kappa shape index (κ2) is 13.9. The lowest BCUT2D eigenvalue weighted by Gasteiger charge is -2.38. The Morgan fingerprint density at radius 1 is 1.13 bits per heavy atom. The number of hydrogen-bond acceptors (Lipinski definition) is 7. The molecular formula is C22H31ClN2O6. The Balaban J connectivity index is 1.91. The molecule has 9 heteroatoms. The molecule has 1 fully saturated rings. The maximum Gasteiger partial charge on any atom is 0.412 e. The Morgan fingerprint density at radius 2 is 1.90 bits per heavy atom. The molecule has 2 rings (SSSR count). The largest absolute Gasteiger partial charge is 0.468 e. The van der Waals surface area contributed by atoms with Crippen molar-refractivity contribution >= 4 is 29.8 Å². The molecule has 1 heterocycles. The molecule has 1 aromatic rings. The van der Waals surface area contributed by atoms with Crippen LogP contribution in [0.25, 0.3) is 0 Å². The number of unbranched alkanes of at least 4 members (excludes halogenated alkanes) is 2. The predicted molar refractivity (Wildman–Crippen MR) is 115 cm³/mol. The van der Waals surface area contributed by atoms with E-state index >= 15 is 0 Å². The minimum atomic E-state index is -0.607. The van der Waals surface area contributed by atoms with Gasteiger partial charge < -0.3 is 19.1 Å². The topological polar surface area (TPSA) is 94.2 Å². The van der Waals surface area contributed by atoms with E-state index in [9.17, 15) is 14.4 Å². The number of esters is 2. The zero-order valence-corrected chi connectivity index (χ0v) is 18.6. The van der Waals surface area contributed by atoms with Gasteiger partial charge in [0.25, 0.3) is 0 Å². The number of methoxy groups -OCH3 is 1. The molecule has 1 saturated heterocycles. The van der Waals surface area contributed by atoms with E-state index in [2.05, 4.69) is 4.84 Å². The third-order valence-corrected chi connectivity index (χ3v) is 5.53. The van der Waals surface area contributed by atoms with Crippen LogP contribution in [-0.4, -0.2) is 56.0 Å². The first kappa shape index (κ1) is 24.9. The summed E-state index contributed by atoms with van der Waals surface area (Å²) in [6.07, 6.45) is 4.40. The Hall–Kier alpha value is -2.32. The van der Waals surface area contributed by atoms with Crippen molar-refractivity contribution < 1.29 is 28.6 Å². The number of nitrogens with one attached hydrogen (secondary N) is 1. The zero-order chi connectivity index (χ0) is 22.5. The molecule has 2 unspecified atom stereocenters. The van der Waals surface area contributed by atoms with Crippen LogP contribution in [0.15, 0.2) is 30.3 Å². The number of rotatable bonds is 11. The molecule has 2 atom stereocenters. The molecule has 1 aliphatic rings. The van der Waals surface area contributed by atoms with Gasteiger partial charge in [-0.1, -0.05) is 36.8 Å². The first-order valence-electron chi connectivity index (χ1n) is 10.6. The van der Waals surface area contributed by atoms with Gasteiger partial charge in [-0.15, -0.1) is 0 Å². The van der Waals surface area contributed by atoms with Crippen molar-refractivity contribution in [1.82, 2.24) is 9.74 Å². The van der Waals surface area contributed by atoms with E-state index in [1.54, 1.807) is 4.90 Å². The maximum atomic E-state index is 12.7. The summed E-state index contributed by atoms with van der Waals surface area (Å²) >= 11 is 5.38. The van der Waals surface area contributed by atoms with Gasteiger partial charge in [0, 0.05) is 19.5 Å². The number of benzene rings is 1. The van der Waals surface area contributed by atoms with E-state index in [0.29, 0.717) is 25.9 Å². The fourth-order valence-corrected chi connectivity index (χ4v) is 3.91. The van der Waals surface area contributed by atoms with Crippen molar-refractivity contribution in [2.45, 2.75) is 56.9 Å². The summed E-state index contributed by atoms with van der Waals surface area (Å²) in [5.74, 6) is -1.42. The number of carbonyl (C=O) groups excluding carboxylic acids is 3. The molecule has 0 aliphatic carbocycles. The molecule has 1 amide bonds. The summed E-state index contributed by atoms with van der Waals surface area (Å²) in [6, 6.07) is 8.89. The van der Waals surface area contributed by atoms with Crippen LogP contribution in [-0.2, 0) is 23.8 Å². The molecule has 1 aromatic carbocycles. The van der Waals surface area contributed by atoms with E-state index in [4.69, 9.17) is 26.0 Å². The molecule has 1 aliphatic heterocycles. The molecule has 0 radical (unpaired) electrons. The van der Waals surface area contributed by atoms with Gasteiger partial charge in [-0.2, -0.15) is 0 Å². The third kappa shape index (κ3) is 8.03. The molecule has 0 bridgehead atoms. The van der Waals surface area contributed by atoms with Crippen molar-refractivity contribution in [2.75, 3.05) is 27.0 Å². The fourth-order valence-electron chi connectivity index (χ4n) is 3.77. The van der Waals surface area contributed by atoms with Gasteiger partial charge in [-0.05, 0) is 49.4 Å². The Kier molecular flexibility index (Phi) is 11.2. The number of amides is 1. The van der Waals surface area contributed by atoms with E-state index in [1.165, 1.54) is 7.11 Å². The highest BCUT2D eigenvalue weighted by Crippen LogP contribution is 2.32. The van der Waals surface area contributed by atoms with Gasteiger partial charge in [0.2, 0.25) is 6.79 Å². The highest BCUT2D eigenvalue weighted by molar-refractivity contribution is 6.13. The van der Waals surface area contributed by atoms with Crippen LogP contribution >= 0.6 is 11.8 Å². The lowest BCUT2D eigenvalue weighted by Crippen LogP contribution is -2.49. The van der Waals surface area contributed by atoms with Gasteiger partial charge in [0.1, 0.15) is 5.92 Å². The van der Waals surface area contributed by atoms with Crippen molar-refractivity contribution in [3.8, 4) is 0 Å². The zero-order valence-electron chi connectivity index (χ0n) is 17.9. The van der Waals surface area contributed by atoms with Gasteiger partial charge in [-0.25, -0.2) is 9.63 Å². The van der Waals surface area contributed by atoms with Crippen molar-refractivity contribution in [1.29, 1.82) is 0 Å². The highest BCUT2D eigenvalue weighted by atomic mass is 35.5. The quantitative estimate of drug-likeness (QED) is 0.235. The Labute approximate surface area is 188 Å². The summed E-state index contributed by atoms with van der Waals surface area (Å²) in [7, 11) is 1.34. The first-order chi connectivity index (χ1) is 15.1. The predicted octanol–water partition coefficient (Wildman–Crippen LogP) is 3.74. The van der Waals surface area contributed by atoms with Crippen LogP contribution in [0.3, 0.4) is 0 Å². The van der Waals surface area contributed by atoms with Crippen molar-refractivity contribution in [3.05, 3.63) is 35.9 Å². The average molecular weight is 455 g/mol. The van der Waals surface area contributed by atoms with Crippen LogP contribution in [0.2, 0.25) is 0 Å². The lowest BCUT2D eigenvalue weighted by atomic mass is 9.85. The second-order valence-electron chi connectivity index (χ2n) is 7.41. The molecule has 1 N–H and O–H groups in total. The summed E-state index contributed by atoms with van der Waals surface area (Å²) in [4.78, 5) is 41.1. The van der Waals surface area contributed by atoms with Gasteiger partial charge >= 0.3 is 18.0 Å². The van der Waals surface area contributed by atoms with Gasteiger partial charge in [-0.3, -0.25) is 9.59 Å². The van der Waals surface area contributed by atoms with Crippen LogP contribution < -0.4 is 4.84 Å². The lowest BCUT2D eigenvalue weighted by molar-refractivity contribution is -0.152. The van der Waals surface area contributed by atoms with Crippen molar-refractivity contribution in [2.24, 2.45) is 0 Å². The summed E-state index contributed by atoms with van der Waals surface area (Å²) < 4.78 is 15.2. The van der Waals surface area contributed by atoms with Crippen LogP contribution in [0, 0.1) is 0 Å². The third-order valence-electron chi connectivity index (χ3n) is 5.34. The molecule has 31 heavy (non-hydrogen) atoms. The Morgan fingerprint density at radius 3 is 2.61 bits per heavy atom. The van der Waals surface area contributed by atoms with Crippen molar-refractivity contribution in [3.63, 3.8) is 0 Å². The number of likely N-dealkylation sites (tertiary alicyclic amines) is 1. The second-order valence-corrected chi connectivity index (χ2v) is 7.67. The number of carbonyl (C=O) groups is 3. The SMILES string of the molecule is COC(=O)C(c1ccccc1)C1CCCCN1C(=O)OCOC(=O)CCCCCNCl. The molecule has 8 nitrogen and oxygen atoms in total. The smallest absolute Gasteiger partial charge is 0.412 e. The summed E-state index contributed by atoms with van der Waals surface area (Å²) in [6.45, 7) is 0.700. The molecular weight excluding hydrogens is 424 g/mol. The standard InChI is InChI=1S/C22H31ClN2O6/c1-29-21(27)20(17-10-4-2-5-11-17)18-12-7-9-15-25(18)22(28)31-16-30-19(26)13-6-3-8-14-24-23/h2,4-5,10-11,18,20,24H,3,6-9,12-16H2,1H3. The first-order valence-corrected chi connectivity index (χ1v) is 11.0. The number of nitrogens with zero attached hydrogens (tertiary/aromatic N) is 1.